The fraction of sp³-hybridized carbons (Fsp3) is 0.438. The second-order valence-corrected chi connectivity index (χ2v) is 8.49. The van der Waals surface area contributed by atoms with Crippen molar-refractivity contribution in [1.29, 1.82) is 0 Å². The summed E-state index contributed by atoms with van der Waals surface area (Å²) in [6.07, 6.45) is -0.322. The fourth-order valence-corrected chi connectivity index (χ4v) is 2.70. The number of benzene rings is 1. The van der Waals surface area contributed by atoms with Crippen LogP contribution in [-0.2, 0) is 19.4 Å². The minimum atomic E-state index is -3.64. The maximum Gasteiger partial charge on any atom is 0.340 e. The molecule has 25 heavy (non-hydrogen) atoms. The highest BCUT2D eigenvalue weighted by atomic mass is 32.2. The Labute approximate surface area is 146 Å². The van der Waals surface area contributed by atoms with Crippen LogP contribution in [0.25, 0.3) is 0 Å². The molecule has 0 saturated heterocycles. The average molecular weight is 370 g/mol. The molecule has 0 aliphatic carbocycles. The number of hydrogen-bond acceptors (Lipinski definition) is 6. The van der Waals surface area contributed by atoms with Crippen LogP contribution in [0, 0.1) is 0 Å². The Balaban J connectivity index is 2.81. The summed E-state index contributed by atoms with van der Waals surface area (Å²) < 4.78 is 28.4. The zero-order valence-electron chi connectivity index (χ0n) is 14.7. The van der Waals surface area contributed by atoms with E-state index in [1.165, 1.54) is 31.2 Å². The van der Waals surface area contributed by atoms with Crippen LogP contribution in [0.5, 0.6) is 0 Å². The molecule has 1 atom stereocenters. The molecule has 8 nitrogen and oxygen atoms in total. The quantitative estimate of drug-likeness (QED) is 0.770. The maximum atomic E-state index is 12.2. The number of ether oxygens (including phenoxy) is 1. The van der Waals surface area contributed by atoms with Gasteiger partial charge in [0.1, 0.15) is 0 Å². The number of carbonyl (C=O) groups is 3. The van der Waals surface area contributed by atoms with Crippen LogP contribution in [0.4, 0.5) is 4.79 Å². The van der Waals surface area contributed by atoms with Crippen molar-refractivity contribution in [2.75, 3.05) is 6.26 Å². The van der Waals surface area contributed by atoms with E-state index in [4.69, 9.17) is 4.74 Å². The number of esters is 1. The molecule has 9 heteroatoms. The minimum absolute atomic E-state index is 0.177. The van der Waals surface area contributed by atoms with Gasteiger partial charge in [-0.2, -0.15) is 0 Å². The van der Waals surface area contributed by atoms with Crippen molar-refractivity contribution in [3.8, 4) is 0 Å². The van der Waals surface area contributed by atoms with Crippen molar-refractivity contribution in [3.05, 3.63) is 29.8 Å². The number of carbonyl (C=O) groups excluding carboxylic acids is 3. The Morgan fingerprint density at radius 1 is 1.12 bits per heavy atom. The maximum absolute atomic E-state index is 12.2. The Bertz CT molecular complexity index is 780. The smallest absolute Gasteiger partial charge is 0.340 e. The Kier molecular flexibility index (Phi) is 6.31. The predicted molar refractivity (Wildman–Crippen MR) is 90.9 cm³/mol. The third-order valence-corrected chi connectivity index (χ3v) is 4.04. The van der Waals surface area contributed by atoms with Crippen LogP contribution < -0.4 is 10.6 Å². The molecular formula is C16H22N2O6S. The summed E-state index contributed by atoms with van der Waals surface area (Å²) in [4.78, 5) is 35.6. The van der Waals surface area contributed by atoms with Crippen molar-refractivity contribution in [1.82, 2.24) is 10.6 Å². The van der Waals surface area contributed by atoms with Gasteiger partial charge in [0.2, 0.25) is 0 Å². The molecule has 0 aliphatic heterocycles. The number of amides is 3. The van der Waals surface area contributed by atoms with Gasteiger partial charge in [-0.3, -0.25) is 10.1 Å². The van der Waals surface area contributed by atoms with Crippen LogP contribution >= 0.6 is 0 Å². The number of urea groups is 1. The van der Waals surface area contributed by atoms with Gasteiger partial charge in [0, 0.05) is 11.8 Å². The van der Waals surface area contributed by atoms with Gasteiger partial charge >= 0.3 is 12.0 Å². The number of sulfone groups is 1. The Hall–Kier alpha value is -2.42. The zero-order valence-corrected chi connectivity index (χ0v) is 15.6. The molecule has 138 valence electrons. The highest BCUT2D eigenvalue weighted by Crippen LogP contribution is 2.17. The van der Waals surface area contributed by atoms with E-state index in [1.807, 2.05) is 0 Å². The Morgan fingerprint density at radius 3 is 2.20 bits per heavy atom. The van der Waals surface area contributed by atoms with Crippen molar-refractivity contribution in [2.24, 2.45) is 0 Å². The molecule has 1 rings (SSSR count). The standard InChI is InChI=1S/C16H22N2O6S/c1-10(13(19)17-15(21)18-16(2,3)4)24-14(20)11-8-6-7-9-12(11)25(5,22)23/h6-10H,1-5H3,(H2,17,18,19,21)/t10-/m0/s1. The van der Waals surface area contributed by atoms with Gasteiger partial charge in [0.15, 0.2) is 15.9 Å². The summed E-state index contributed by atoms with van der Waals surface area (Å²) in [5.41, 5.74) is -0.720. The summed E-state index contributed by atoms with van der Waals surface area (Å²) in [5.74, 6) is -1.80. The summed E-state index contributed by atoms with van der Waals surface area (Å²) >= 11 is 0. The number of imide groups is 1. The molecule has 0 radical (unpaired) electrons. The lowest BCUT2D eigenvalue weighted by Crippen LogP contribution is -2.50. The van der Waals surface area contributed by atoms with E-state index < -0.39 is 39.4 Å². The SMILES string of the molecule is C[C@H](OC(=O)c1ccccc1S(C)(=O)=O)C(=O)NC(=O)NC(C)(C)C. The molecule has 0 spiro atoms. The van der Waals surface area contributed by atoms with E-state index in [1.54, 1.807) is 20.8 Å². The molecule has 0 unspecified atom stereocenters. The summed E-state index contributed by atoms with van der Waals surface area (Å²) in [6, 6.07) is 4.78. The molecule has 0 bridgehead atoms. The van der Waals surface area contributed by atoms with Crippen molar-refractivity contribution in [2.45, 2.75) is 44.2 Å². The van der Waals surface area contributed by atoms with Crippen LogP contribution in [-0.4, -0.2) is 44.2 Å². The monoisotopic (exact) mass is 370 g/mol. The summed E-state index contributed by atoms with van der Waals surface area (Å²) in [6.45, 7) is 6.49. The third kappa shape index (κ3) is 6.54. The second kappa shape index (κ2) is 7.64. The van der Waals surface area contributed by atoms with Crippen molar-refractivity contribution in [3.63, 3.8) is 0 Å². The van der Waals surface area contributed by atoms with Gasteiger partial charge in [-0.25, -0.2) is 18.0 Å². The second-order valence-electron chi connectivity index (χ2n) is 6.51. The summed E-state index contributed by atoms with van der Waals surface area (Å²) in [5, 5.41) is 4.58. The van der Waals surface area contributed by atoms with E-state index in [9.17, 15) is 22.8 Å². The van der Waals surface area contributed by atoms with Gasteiger partial charge in [-0.1, -0.05) is 12.1 Å². The first-order valence-corrected chi connectivity index (χ1v) is 9.33. The molecule has 1 aromatic carbocycles. The zero-order chi connectivity index (χ0) is 19.4. The van der Waals surface area contributed by atoms with E-state index in [0.717, 1.165) is 6.26 Å². The third-order valence-electron chi connectivity index (χ3n) is 2.88. The first-order valence-electron chi connectivity index (χ1n) is 7.44. The molecule has 1 aromatic rings. The van der Waals surface area contributed by atoms with E-state index in [-0.39, 0.29) is 10.5 Å². The topological polar surface area (TPSA) is 119 Å². The molecule has 0 fully saturated rings. The summed E-state index contributed by atoms with van der Waals surface area (Å²) in [7, 11) is -3.64. The van der Waals surface area contributed by atoms with Gasteiger partial charge in [0.05, 0.1) is 10.5 Å². The van der Waals surface area contributed by atoms with Gasteiger partial charge < -0.3 is 10.1 Å². The molecule has 0 saturated carbocycles. The van der Waals surface area contributed by atoms with Crippen LogP contribution in [0.1, 0.15) is 38.1 Å². The number of rotatable bonds is 4. The van der Waals surface area contributed by atoms with E-state index >= 15 is 0 Å². The number of hydrogen-bond donors (Lipinski definition) is 2. The van der Waals surface area contributed by atoms with Gasteiger partial charge in [0.25, 0.3) is 5.91 Å². The van der Waals surface area contributed by atoms with E-state index in [0.29, 0.717) is 0 Å². The van der Waals surface area contributed by atoms with Gasteiger partial charge in [-0.15, -0.1) is 0 Å². The van der Waals surface area contributed by atoms with Crippen molar-refractivity contribution < 1.29 is 27.5 Å². The van der Waals surface area contributed by atoms with Crippen LogP contribution in [0.2, 0.25) is 0 Å². The predicted octanol–water partition coefficient (Wildman–Crippen LogP) is 1.26. The molecule has 3 amide bonds. The largest absolute Gasteiger partial charge is 0.449 e. The van der Waals surface area contributed by atoms with Crippen LogP contribution in [0.3, 0.4) is 0 Å². The molecule has 0 heterocycles. The Morgan fingerprint density at radius 2 is 1.68 bits per heavy atom. The van der Waals surface area contributed by atoms with Crippen molar-refractivity contribution >= 4 is 27.7 Å². The highest BCUT2D eigenvalue weighted by Gasteiger charge is 2.25. The lowest BCUT2D eigenvalue weighted by molar-refractivity contribution is -0.127. The van der Waals surface area contributed by atoms with Crippen LogP contribution in [0.15, 0.2) is 29.2 Å². The lowest BCUT2D eigenvalue weighted by Gasteiger charge is -2.21. The molecule has 0 aliphatic rings. The average Bonchev–Trinajstić information content (AvgIpc) is 2.44. The molecule has 0 aromatic heterocycles. The normalized spacial score (nSPS) is 12.8. The minimum Gasteiger partial charge on any atom is -0.449 e. The molecular weight excluding hydrogens is 348 g/mol. The number of nitrogens with one attached hydrogen (secondary N) is 2. The first-order chi connectivity index (χ1) is 11.3. The highest BCUT2D eigenvalue weighted by molar-refractivity contribution is 7.90. The van der Waals surface area contributed by atoms with Gasteiger partial charge in [-0.05, 0) is 39.8 Å². The first kappa shape index (κ1) is 20.6. The fourth-order valence-electron chi connectivity index (χ4n) is 1.82. The molecule has 2 N–H and O–H groups in total. The lowest BCUT2D eigenvalue weighted by atomic mass is 10.1. The van der Waals surface area contributed by atoms with E-state index in [2.05, 4.69) is 10.6 Å².